The van der Waals surface area contributed by atoms with E-state index in [9.17, 15) is 8.42 Å². The fraction of sp³-hybridized carbons (Fsp3) is 0.143. The van der Waals surface area contributed by atoms with Gasteiger partial charge in [0.15, 0.2) is 9.84 Å². The third-order valence-corrected chi connectivity index (χ3v) is 6.31. The molecule has 0 spiro atoms. The van der Waals surface area contributed by atoms with Crippen LogP contribution in [-0.2, 0) is 9.84 Å². The van der Waals surface area contributed by atoms with Crippen LogP contribution < -0.4 is 4.74 Å². The van der Waals surface area contributed by atoms with E-state index >= 15 is 0 Å². The van der Waals surface area contributed by atoms with Gasteiger partial charge < -0.3 is 4.74 Å². The minimum Gasteiger partial charge on any atom is -0.497 e. The Morgan fingerprint density at radius 3 is 2.50 bits per heavy atom. The van der Waals surface area contributed by atoms with Gasteiger partial charge >= 0.3 is 0 Å². The van der Waals surface area contributed by atoms with Crippen LogP contribution in [0.2, 0.25) is 0 Å². The lowest BCUT2D eigenvalue weighted by Gasteiger charge is -2.09. The van der Waals surface area contributed by atoms with E-state index in [0.29, 0.717) is 11.3 Å². The van der Waals surface area contributed by atoms with Crippen molar-refractivity contribution in [3.05, 3.63) is 67.3 Å². The Hall–Kier alpha value is -3.59. The van der Waals surface area contributed by atoms with Crippen LogP contribution >= 0.6 is 0 Å². The molecule has 0 aliphatic rings. The summed E-state index contributed by atoms with van der Waals surface area (Å²) in [7, 11) is -1.97. The van der Waals surface area contributed by atoms with E-state index < -0.39 is 9.84 Å². The van der Waals surface area contributed by atoms with E-state index in [4.69, 9.17) is 4.74 Å². The number of pyridine rings is 2. The van der Waals surface area contributed by atoms with Crippen molar-refractivity contribution >= 4 is 9.84 Å². The first-order valence-electron chi connectivity index (χ1n) is 9.22. The van der Waals surface area contributed by atoms with Crippen LogP contribution in [0.4, 0.5) is 0 Å². The molecular weight excluding hydrogens is 402 g/mol. The summed E-state index contributed by atoms with van der Waals surface area (Å²) in [5.74, 6) is 0.889. The quantitative estimate of drug-likeness (QED) is 0.471. The first-order valence-corrected chi connectivity index (χ1v) is 10.9. The number of hydrogen-bond donors (Lipinski definition) is 0. The molecule has 0 aliphatic carbocycles. The number of sulfone groups is 1. The van der Waals surface area contributed by atoms with Gasteiger partial charge in [0.25, 0.3) is 0 Å². The van der Waals surface area contributed by atoms with E-state index in [1.165, 1.54) is 6.33 Å². The molecule has 0 fully saturated rings. The fourth-order valence-corrected chi connectivity index (χ4v) is 3.97. The summed E-state index contributed by atoms with van der Waals surface area (Å²) in [5.41, 5.74) is 2.23. The van der Waals surface area contributed by atoms with Gasteiger partial charge in [0, 0.05) is 18.0 Å². The van der Waals surface area contributed by atoms with Crippen molar-refractivity contribution < 1.29 is 13.2 Å². The molecule has 0 amide bonds. The molecule has 3 aromatic heterocycles. The maximum atomic E-state index is 12.8. The number of rotatable bonds is 6. The second-order valence-electron chi connectivity index (χ2n) is 6.40. The van der Waals surface area contributed by atoms with E-state index in [2.05, 4.69) is 20.1 Å². The van der Waals surface area contributed by atoms with Gasteiger partial charge in [-0.1, -0.05) is 13.0 Å². The van der Waals surface area contributed by atoms with Crippen molar-refractivity contribution in [2.45, 2.75) is 11.8 Å². The van der Waals surface area contributed by atoms with Crippen LogP contribution in [-0.4, -0.2) is 46.0 Å². The Labute approximate surface area is 174 Å². The maximum absolute atomic E-state index is 12.8. The zero-order valence-corrected chi connectivity index (χ0v) is 17.2. The van der Waals surface area contributed by atoms with Gasteiger partial charge in [-0.2, -0.15) is 0 Å². The molecule has 0 saturated heterocycles. The van der Waals surface area contributed by atoms with Crippen molar-refractivity contribution in [3.8, 4) is 34.2 Å². The molecule has 0 N–H and O–H groups in total. The molecule has 4 aromatic rings. The molecule has 30 heavy (non-hydrogen) atoms. The lowest BCUT2D eigenvalue weighted by Crippen LogP contribution is -2.08. The molecule has 0 unspecified atom stereocenters. The van der Waals surface area contributed by atoms with Gasteiger partial charge in [0.2, 0.25) is 5.82 Å². The highest BCUT2D eigenvalue weighted by molar-refractivity contribution is 7.91. The monoisotopic (exact) mass is 421 g/mol. The SMILES string of the molecule is CCS(=O)(=O)c1cc(-c2ccccn2)cnc1-c1ncn(-c2ccc(OC)cc2)n1. The summed E-state index contributed by atoms with van der Waals surface area (Å²) in [6, 6.07) is 14.3. The fourth-order valence-electron chi connectivity index (χ4n) is 2.91. The molecule has 8 nitrogen and oxygen atoms in total. The lowest BCUT2D eigenvalue weighted by molar-refractivity contribution is 0.414. The third-order valence-electron chi connectivity index (χ3n) is 4.57. The summed E-state index contributed by atoms with van der Waals surface area (Å²) in [4.78, 5) is 13.1. The summed E-state index contributed by atoms with van der Waals surface area (Å²) in [6.45, 7) is 1.59. The Kier molecular flexibility index (Phi) is 5.28. The zero-order valence-electron chi connectivity index (χ0n) is 16.4. The molecule has 1 aromatic carbocycles. The Morgan fingerprint density at radius 1 is 1.03 bits per heavy atom. The van der Waals surface area contributed by atoms with Crippen LogP contribution in [0.25, 0.3) is 28.5 Å². The molecule has 152 valence electrons. The molecule has 0 saturated carbocycles. The van der Waals surface area contributed by atoms with Crippen molar-refractivity contribution in [2.24, 2.45) is 0 Å². The van der Waals surface area contributed by atoms with Crippen molar-refractivity contribution in [1.29, 1.82) is 0 Å². The average molecular weight is 421 g/mol. The van der Waals surface area contributed by atoms with Gasteiger partial charge in [-0.15, -0.1) is 5.10 Å². The molecule has 0 aliphatic heterocycles. The van der Waals surface area contributed by atoms with Crippen molar-refractivity contribution in [2.75, 3.05) is 12.9 Å². The highest BCUT2D eigenvalue weighted by Crippen LogP contribution is 2.28. The highest BCUT2D eigenvalue weighted by Gasteiger charge is 2.23. The highest BCUT2D eigenvalue weighted by atomic mass is 32.2. The molecule has 9 heteroatoms. The van der Waals surface area contributed by atoms with Crippen LogP contribution in [0, 0.1) is 0 Å². The lowest BCUT2D eigenvalue weighted by atomic mass is 10.2. The molecule has 0 atom stereocenters. The topological polar surface area (TPSA) is 99.9 Å². The predicted molar refractivity (Wildman–Crippen MR) is 112 cm³/mol. The summed E-state index contributed by atoms with van der Waals surface area (Å²) >= 11 is 0. The van der Waals surface area contributed by atoms with Crippen molar-refractivity contribution in [1.82, 2.24) is 24.7 Å². The first kappa shape index (κ1) is 19.7. The minimum absolute atomic E-state index is 0.0630. The van der Waals surface area contributed by atoms with Gasteiger partial charge in [-0.3, -0.25) is 9.97 Å². The van der Waals surface area contributed by atoms with E-state index in [-0.39, 0.29) is 22.2 Å². The number of benzene rings is 1. The number of nitrogens with zero attached hydrogens (tertiary/aromatic N) is 5. The normalized spacial score (nSPS) is 11.4. The number of ether oxygens (including phenoxy) is 1. The predicted octanol–water partition coefficient (Wildman–Crippen LogP) is 3.19. The van der Waals surface area contributed by atoms with Crippen LogP contribution in [0.15, 0.2) is 72.1 Å². The number of methoxy groups -OCH3 is 1. The Balaban J connectivity index is 1.79. The second kappa shape index (κ2) is 8.03. The van der Waals surface area contributed by atoms with Crippen LogP contribution in [0.1, 0.15) is 6.92 Å². The Bertz CT molecular complexity index is 1270. The first-order chi connectivity index (χ1) is 14.5. The Morgan fingerprint density at radius 2 is 1.83 bits per heavy atom. The van der Waals surface area contributed by atoms with E-state index in [0.717, 1.165) is 11.4 Å². The smallest absolute Gasteiger partial charge is 0.201 e. The van der Waals surface area contributed by atoms with Gasteiger partial charge in [0.1, 0.15) is 17.8 Å². The molecule has 0 bridgehead atoms. The summed E-state index contributed by atoms with van der Waals surface area (Å²) < 4.78 is 32.3. The molecule has 0 radical (unpaired) electrons. The average Bonchev–Trinajstić information content (AvgIpc) is 3.29. The number of aromatic nitrogens is 5. The molecule has 4 rings (SSSR count). The van der Waals surface area contributed by atoms with Gasteiger partial charge in [-0.05, 0) is 42.5 Å². The van der Waals surface area contributed by atoms with E-state index in [1.807, 2.05) is 30.3 Å². The standard InChI is InChI=1S/C21H19N5O3S/c1-3-30(27,28)19-12-15(18-6-4-5-11-22-18)13-23-20(19)21-24-14-26(25-21)16-7-9-17(29-2)10-8-16/h4-14H,3H2,1-2H3. The van der Waals surface area contributed by atoms with Gasteiger partial charge in [-0.25, -0.2) is 18.1 Å². The van der Waals surface area contributed by atoms with E-state index in [1.54, 1.807) is 49.3 Å². The van der Waals surface area contributed by atoms with Crippen LogP contribution in [0.5, 0.6) is 5.75 Å². The third kappa shape index (κ3) is 3.79. The second-order valence-corrected chi connectivity index (χ2v) is 8.65. The maximum Gasteiger partial charge on any atom is 0.201 e. The molecular formula is C21H19N5O3S. The minimum atomic E-state index is -3.57. The van der Waals surface area contributed by atoms with Crippen molar-refractivity contribution in [3.63, 3.8) is 0 Å². The van der Waals surface area contributed by atoms with Crippen LogP contribution in [0.3, 0.4) is 0 Å². The molecule has 3 heterocycles. The summed E-state index contributed by atoms with van der Waals surface area (Å²) in [6.07, 6.45) is 4.75. The number of hydrogen-bond acceptors (Lipinski definition) is 7. The van der Waals surface area contributed by atoms with Gasteiger partial charge in [0.05, 0.1) is 29.1 Å². The summed E-state index contributed by atoms with van der Waals surface area (Å²) in [5, 5.41) is 4.44. The zero-order chi connectivity index (χ0) is 21.1. The largest absolute Gasteiger partial charge is 0.497 e.